The van der Waals surface area contributed by atoms with E-state index in [2.05, 4.69) is 0 Å². The van der Waals surface area contributed by atoms with Crippen LogP contribution in [-0.4, -0.2) is 29.3 Å². The maximum Gasteiger partial charge on any atom is 0.233 e. The Kier molecular flexibility index (Phi) is 2.97. The molecule has 0 aromatic heterocycles. The largest absolute Gasteiger partial charge is 0.326 e. The van der Waals surface area contributed by atoms with Crippen LogP contribution in [0.5, 0.6) is 0 Å². The van der Waals surface area contributed by atoms with E-state index in [1.807, 2.05) is 13.8 Å². The van der Waals surface area contributed by atoms with E-state index in [1.165, 1.54) is 24.2 Å². The first-order chi connectivity index (χ1) is 8.94. The molecule has 2 N–H and O–H groups in total. The second-order valence-corrected chi connectivity index (χ2v) is 7.13. The van der Waals surface area contributed by atoms with Gasteiger partial charge in [0.15, 0.2) is 0 Å². The van der Waals surface area contributed by atoms with Crippen molar-refractivity contribution < 1.29 is 9.59 Å². The number of carbonyl (C=O) groups excluding carboxylic acids is 2. The minimum Gasteiger partial charge on any atom is -0.326 e. The van der Waals surface area contributed by atoms with E-state index in [0.717, 1.165) is 12.8 Å². The molecule has 1 aliphatic heterocycles. The lowest BCUT2D eigenvalue weighted by Gasteiger charge is -2.31. The van der Waals surface area contributed by atoms with Crippen LogP contribution in [0.1, 0.15) is 46.0 Å². The van der Waals surface area contributed by atoms with Gasteiger partial charge in [-0.3, -0.25) is 14.5 Å². The predicted molar refractivity (Wildman–Crippen MR) is 72.0 cm³/mol. The number of hydrogen-bond acceptors (Lipinski definition) is 3. The van der Waals surface area contributed by atoms with Crippen molar-refractivity contribution in [1.82, 2.24) is 4.90 Å². The lowest BCUT2D eigenvalue weighted by atomic mass is 9.84. The van der Waals surface area contributed by atoms with Crippen molar-refractivity contribution in [2.45, 2.75) is 52.0 Å². The molecular formula is C15H24N2O2. The summed E-state index contributed by atoms with van der Waals surface area (Å²) < 4.78 is 0. The van der Waals surface area contributed by atoms with E-state index in [0.29, 0.717) is 12.5 Å². The van der Waals surface area contributed by atoms with Gasteiger partial charge in [-0.1, -0.05) is 33.1 Å². The van der Waals surface area contributed by atoms with Crippen LogP contribution in [0.2, 0.25) is 0 Å². The molecule has 2 saturated carbocycles. The number of nitrogens with zero attached hydrogens (tertiary/aromatic N) is 1. The lowest BCUT2D eigenvalue weighted by Crippen LogP contribution is -2.47. The van der Waals surface area contributed by atoms with Gasteiger partial charge in [-0.2, -0.15) is 0 Å². The Labute approximate surface area is 114 Å². The topological polar surface area (TPSA) is 63.4 Å². The molecule has 0 bridgehead atoms. The number of fused-ring (bicyclic) bond motifs is 1. The van der Waals surface area contributed by atoms with Crippen LogP contribution in [0.25, 0.3) is 0 Å². The highest BCUT2D eigenvalue weighted by Crippen LogP contribution is 2.63. The fraction of sp³-hybridized carbons (Fsp3) is 0.867. The molecule has 0 aromatic rings. The number of imide groups is 1. The summed E-state index contributed by atoms with van der Waals surface area (Å²) in [6.07, 6.45) is 6.06. The minimum absolute atomic E-state index is 0.0197. The first-order valence-electron chi connectivity index (χ1n) is 7.55. The van der Waals surface area contributed by atoms with E-state index >= 15 is 0 Å². The number of rotatable bonds is 3. The zero-order chi connectivity index (χ0) is 13.8. The molecule has 3 atom stereocenters. The summed E-state index contributed by atoms with van der Waals surface area (Å²) in [6.45, 7) is 4.46. The van der Waals surface area contributed by atoms with Crippen LogP contribution >= 0.6 is 0 Å². The minimum atomic E-state index is -0.112. The summed E-state index contributed by atoms with van der Waals surface area (Å²) in [5, 5.41) is 0. The highest BCUT2D eigenvalue weighted by Gasteiger charge is 2.72. The summed E-state index contributed by atoms with van der Waals surface area (Å²) in [5.41, 5.74) is 6.12. The molecule has 0 radical (unpaired) electrons. The van der Waals surface area contributed by atoms with E-state index in [9.17, 15) is 9.59 Å². The second kappa shape index (κ2) is 4.30. The standard InChI is InChI=1S/C15H24N2O2/c1-15(2)11-12(15)14(19)17(13(11)18)8-10(16)9-6-4-3-5-7-9/h9-12H,3-8,16H2,1-2H3. The molecule has 2 amide bonds. The van der Waals surface area contributed by atoms with Gasteiger partial charge in [-0.05, 0) is 24.2 Å². The molecule has 3 fully saturated rings. The van der Waals surface area contributed by atoms with Crippen molar-refractivity contribution in [3.05, 3.63) is 0 Å². The van der Waals surface area contributed by atoms with Crippen LogP contribution in [0.3, 0.4) is 0 Å². The van der Waals surface area contributed by atoms with E-state index in [1.54, 1.807) is 0 Å². The smallest absolute Gasteiger partial charge is 0.233 e. The number of amides is 2. The van der Waals surface area contributed by atoms with Crippen molar-refractivity contribution in [1.29, 1.82) is 0 Å². The van der Waals surface area contributed by atoms with Crippen LogP contribution in [0.15, 0.2) is 0 Å². The summed E-state index contributed by atoms with van der Waals surface area (Å²) in [6, 6.07) is -0.0335. The van der Waals surface area contributed by atoms with Crippen LogP contribution in [-0.2, 0) is 9.59 Å². The Bertz CT molecular complexity index is 388. The number of hydrogen-bond donors (Lipinski definition) is 1. The molecule has 2 aliphatic carbocycles. The van der Waals surface area contributed by atoms with E-state index < -0.39 is 0 Å². The number of carbonyl (C=O) groups is 2. The number of piperidine rings is 1. The maximum absolute atomic E-state index is 12.2. The van der Waals surface area contributed by atoms with Gasteiger partial charge < -0.3 is 5.73 Å². The van der Waals surface area contributed by atoms with Crippen molar-refractivity contribution in [3.8, 4) is 0 Å². The Hall–Kier alpha value is -0.900. The van der Waals surface area contributed by atoms with Gasteiger partial charge in [-0.15, -0.1) is 0 Å². The molecule has 4 heteroatoms. The quantitative estimate of drug-likeness (QED) is 0.786. The third-order valence-corrected chi connectivity index (χ3v) is 5.54. The lowest BCUT2D eigenvalue weighted by molar-refractivity contribution is -0.143. The summed E-state index contributed by atoms with van der Waals surface area (Å²) in [4.78, 5) is 25.9. The Balaban J connectivity index is 1.62. The van der Waals surface area contributed by atoms with Crippen molar-refractivity contribution >= 4 is 11.8 Å². The van der Waals surface area contributed by atoms with Crippen LogP contribution in [0, 0.1) is 23.2 Å². The third-order valence-electron chi connectivity index (χ3n) is 5.54. The fourth-order valence-electron chi connectivity index (χ4n) is 4.11. The predicted octanol–water partition coefficient (Wildman–Crippen LogP) is 1.53. The summed E-state index contributed by atoms with van der Waals surface area (Å²) in [5.74, 6) is 0.383. The van der Waals surface area contributed by atoms with Crippen LogP contribution in [0.4, 0.5) is 0 Å². The molecule has 1 saturated heterocycles. The monoisotopic (exact) mass is 264 g/mol. The maximum atomic E-state index is 12.2. The van der Waals surface area contributed by atoms with Gasteiger partial charge in [0, 0.05) is 12.6 Å². The zero-order valence-corrected chi connectivity index (χ0v) is 11.9. The van der Waals surface area contributed by atoms with Crippen LogP contribution < -0.4 is 5.73 Å². The van der Waals surface area contributed by atoms with Gasteiger partial charge in [0.25, 0.3) is 0 Å². The molecule has 3 rings (SSSR count). The molecular weight excluding hydrogens is 240 g/mol. The number of nitrogens with two attached hydrogens (primary N) is 1. The molecule has 106 valence electrons. The Morgan fingerprint density at radius 2 is 1.68 bits per heavy atom. The Morgan fingerprint density at radius 1 is 1.16 bits per heavy atom. The van der Waals surface area contributed by atoms with Gasteiger partial charge >= 0.3 is 0 Å². The molecule has 0 spiro atoms. The normalized spacial score (nSPS) is 35.4. The van der Waals surface area contributed by atoms with Crippen molar-refractivity contribution in [3.63, 3.8) is 0 Å². The average molecular weight is 264 g/mol. The molecule has 1 heterocycles. The highest BCUT2D eigenvalue weighted by atomic mass is 16.2. The highest BCUT2D eigenvalue weighted by molar-refractivity contribution is 6.10. The molecule has 0 aromatic carbocycles. The molecule has 19 heavy (non-hydrogen) atoms. The van der Waals surface area contributed by atoms with Gasteiger partial charge in [-0.25, -0.2) is 0 Å². The van der Waals surface area contributed by atoms with E-state index in [-0.39, 0.29) is 35.1 Å². The molecule has 3 aliphatic rings. The zero-order valence-electron chi connectivity index (χ0n) is 11.9. The molecule has 3 unspecified atom stereocenters. The van der Waals surface area contributed by atoms with Crippen molar-refractivity contribution in [2.24, 2.45) is 28.9 Å². The van der Waals surface area contributed by atoms with Gasteiger partial charge in [0.05, 0.1) is 11.8 Å². The van der Waals surface area contributed by atoms with E-state index in [4.69, 9.17) is 5.73 Å². The van der Waals surface area contributed by atoms with Crippen molar-refractivity contribution in [2.75, 3.05) is 6.54 Å². The first kappa shape index (κ1) is 13.1. The third kappa shape index (κ3) is 1.92. The van der Waals surface area contributed by atoms with Gasteiger partial charge in [0.2, 0.25) is 11.8 Å². The second-order valence-electron chi connectivity index (χ2n) is 7.13. The summed E-state index contributed by atoms with van der Waals surface area (Å²) in [7, 11) is 0. The summed E-state index contributed by atoms with van der Waals surface area (Å²) >= 11 is 0. The average Bonchev–Trinajstić information content (AvgIpc) is 2.87. The van der Waals surface area contributed by atoms with Gasteiger partial charge in [0.1, 0.15) is 0 Å². The number of likely N-dealkylation sites (tertiary alicyclic amines) is 1. The molecule has 4 nitrogen and oxygen atoms in total. The fourth-order valence-corrected chi connectivity index (χ4v) is 4.11. The Morgan fingerprint density at radius 3 is 2.21 bits per heavy atom. The SMILES string of the molecule is CC1(C)C2C(=O)N(CC(N)C3CCCCC3)C(=O)C21. The first-order valence-corrected chi connectivity index (χ1v) is 7.55.